The number of nitrogens with two attached hydrogens (primary N) is 1. The Hall–Kier alpha value is -3.24. The van der Waals surface area contributed by atoms with Gasteiger partial charge in [-0.05, 0) is 23.1 Å². The number of rotatable bonds is 6. The molecule has 3 aromatic carbocycles. The second-order valence-corrected chi connectivity index (χ2v) is 6.87. The zero-order chi connectivity index (χ0) is 19.4. The summed E-state index contributed by atoms with van der Waals surface area (Å²) in [6, 6.07) is 31.1. The molecule has 1 atom stereocenters. The summed E-state index contributed by atoms with van der Waals surface area (Å²) in [4.78, 5) is 4.56. The van der Waals surface area contributed by atoms with E-state index >= 15 is 0 Å². The summed E-state index contributed by atoms with van der Waals surface area (Å²) in [5, 5.41) is 4.86. The highest BCUT2D eigenvalue weighted by molar-refractivity contribution is 5.50. The van der Waals surface area contributed by atoms with Crippen LogP contribution in [0.5, 0.6) is 0 Å². The molecule has 4 nitrogen and oxygen atoms in total. The van der Waals surface area contributed by atoms with Gasteiger partial charge in [-0.25, -0.2) is 9.67 Å². The minimum absolute atomic E-state index is 0.179. The molecule has 0 fully saturated rings. The second-order valence-electron chi connectivity index (χ2n) is 6.87. The van der Waals surface area contributed by atoms with E-state index in [-0.39, 0.29) is 6.04 Å². The van der Waals surface area contributed by atoms with Gasteiger partial charge in [-0.15, -0.1) is 0 Å². The Morgan fingerprint density at radius 2 is 1.21 bits per heavy atom. The smallest absolute Gasteiger partial charge is 0.167 e. The fraction of sp³-hybridized carbons (Fsp3) is 0.167. The van der Waals surface area contributed by atoms with Crippen LogP contribution in [0.2, 0.25) is 0 Å². The number of aromatic nitrogens is 3. The van der Waals surface area contributed by atoms with Crippen LogP contribution in [0.3, 0.4) is 0 Å². The quantitative estimate of drug-likeness (QED) is 0.509. The molecule has 0 aliphatic carbocycles. The maximum absolute atomic E-state index is 6.23. The van der Waals surface area contributed by atoms with Gasteiger partial charge < -0.3 is 5.73 Å². The second kappa shape index (κ2) is 7.79. The van der Waals surface area contributed by atoms with Crippen molar-refractivity contribution >= 4 is 0 Å². The van der Waals surface area contributed by atoms with Crippen molar-refractivity contribution in [3.05, 3.63) is 120 Å². The first-order valence-corrected chi connectivity index (χ1v) is 9.61. The van der Waals surface area contributed by atoms with Crippen molar-refractivity contribution in [1.82, 2.24) is 14.8 Å². The third-order valence-electron chi connectivity index (χ3n) is 5.20. The molecule has 0 saturated carbocycles. The van der Waals surface area contributed by atoms with Crippen LogP contribution >= 0.6 is 0 Å². The van der Waals surface area contributed by atoms with Crippen LogP contribution in [0, 0.1) is 0 Å². The predicted molar refractivity (Wildman–Crippen MR) is 112 cm³/mol. The van der Waals surface area contributed by atoms with Crippen LogP contribution < -0.4 is 5.73 Å². The average Bonchev–Trinajstić information content (AvgIpc) is 3.26. The molecule has 0 radical (unpaired) electrons. The fourth-order valence-corrected chi connectivity index (χ4v) is 3.72. The van der Waals surface area contributed by atoms with Gasteiger partial charge in [-0.3, -0.25) is 0 Å². The molecule has 1 heterocycles. The predicted octanol–water partition coefficient (Wildman–Crippen LogP) is 4.53. The summed E-state index contributed by atoms with van der Waals surface area (Å²) >= 11 is 0. The summed E-state index contributed by atoms with van der Waals surface area (Å²) in [5.41, 5.74) is 8.95. The Kier molecular flexibility index (Phi) is 5.04. The standard InChI is InChI=1S/C24H24N4/c1-2-22(25)23-26-18-28(27-23)24(19-12-6-3-7-13-19,20-14-8-4-9-15-20)21-16-10-5-11-17-21/h3-18,22H,2,25H2,1H3. The van der Waals surface area contributed by atoms with Crippen molar-refractivity contribution in [3.63, 3.8) is 0 Å². The summed E-state index contributed by atoms with van der Waals surface area (Å²) in [7, 11) is 0. The highest BCUT2D eigenvalue weighted by atomic mass is 15.4. The molecule has 0 amide bonds. The van der Waals surface area contributed by atoms with Crippen LogP contribution in [0.25, 0.3) is 0 Å². The molecular weight excluding hydrogens is 344 g/mol. The van der Waals surface area contributed by atoms with E-state index in [0.717, 1.165) is 23.1 Å². The van der Waals surface area contributed by atoms with Crippen LogP contribution in [0.4, 0.5) is 0 Å². The van der Waals surface area contributed by atoms with Gasteiger partial charge in [0, 0.05) is 0 Å². The minimum Gasteiger partial charge on any atom is -0.321 e. The molecule has 0 saturated heterocycles. The van der Waals surface area contributed by atoms with E-state index in [9.17, 15) is 0 Å². The Balaban J connectivity index is 2.06. The first-order valence-electron chi connectivity index (χ1n) is 9.61. The van der Waals surface area contributed by atoms with Gasteiger partial charge in [0.2, 0.25) is 0 Å². The van der Waals surface area contributed by atoms with Gasteiger partial charge in [-0.1, -0.05) is 97.9 Å². The first-order chi connectivity index (χ1) is 13.8. The number of hydrogen-bond acceptors (Lipinski definition) is 3. The van der Waals surface area contributed by atoms with Gasteiger partial charge >= 0.3 is 0 Å². The molecule has 4 heteroatoms. The molecule has 0 aliphatic rings. The Labute approximate surface area is 165 Å². The van der Waals surface area contributed by atoms with Crippen molar-refractivity contribution in [2.45, 2.75) is 24.9 Å². The molecule has 1 aromatic heterocycles. The van der Waals surface area contributed by atoms with E-state index in [1.807, 2.05) is 29.8 Å². The normalized spacial score (nSPS) is 12.6. The largest absolute Gasteiger partial charge is 0.321 e. The van der Waals surface area contributed by atoms with Crippen molar-refractivity contribution in [2.24, 2.45) is 5.73 Å². The van der Waals surface area contributed by atoms with Crippen LogP contribution in [-0.2, 0) is 5.54 Å². The lowest BCUT2D eigenvalue weighted by Gasteiger charge is -2.35. The van der Waals surface area contributed by atoms with Crippen LogP contribution in [0.1, 0.15) is 41.9 Å². The maximum atomic E-state index is 6.23. The van der Waals surface area contributed by atoms with Gasteiger partial charge in [0.25, 0.3) is 0 Å². The first kappa shape index (κ1) is 18.1. The zero-order valence-electron chi connectivity index (χ0n) is 15.9. The number of hydrogen-bond donors (Lipinski definition) is 1. The van der Waals surface area contributed by atoms with Crippen molar-refractivity contribution in [2.75, 3.05) is 0 Å². The van der Waals surface area contributed by atoms with Crippen LogP contribution in [-0.4, -0.2) is 14.8 Å². The third-order valence-corrected chi connectivity index (χ3v) is 5.20. The molecule has 28 heavy (non-hydrogen) atoms. The zero-order valence-corrected chi connectivity index (χ0v) is 15.9. The molecule has 4 aromatic rings. The lowest BCUT2D eigenvalue weighted by molar-refractivity contribution is 0.451. The van der Waals surface area contributed by atoms with Crippen LogP contribution in [0.15, 0.2) is 97.3 Å². The third kappa shape index (κ3) is 3.02. The summed E-state index contributed by atoms with van der Waals surface area (Å²) in [6.07, 6.45) is 2.59. The molecule has 1 unspecified atom stereocenters. The molecule has 0 spiro atoms. The molecule has 0 aliphatic heterocycles. The summed E-state index contributed by atoms with van der Waals surface area (Å²) < 4.78 is 1.96. The van der Waals surface area contributed by atoms with Gasteiger partial charge in [0.05, 0.1) is 6.04 Å². The Bertz CT molecular complexity index is 914. The number of benzene rings is 3. The Morgan fingerprint density at radius 3 is 1.61 bits per heavy atom. The van der Waals surface area contributed by atoms with Crippen molar-refractivity contribution in [3.8, 4) is 0 Å². The lowest BCUT2D eigenvalue weighted by atomic mass is 9.77. The van der Waals surface area contributed by atoms with E-state index < -0.39 is 5.54 Å². The van der Waals surface area contributed by atoms with Crippen molar-refractivity contribution < 1.29 is 0 Å². The molecule has 4 rings (SSSR count). The van der Waals surface area contributed by atoms with Gasteiger partial charge in [-0.2, -0.15) is 5.10 Å². The van der Waals surface area contributed by atoms with E-state index in [2.05, 4.69) is 77.8 Å². The average molecular weight is 368 g/mol. The molecule has 2 N–H and O–H groups in total. The Morgan fingerprint density at radius 1 is 0.786 bits per heavy atom. The van der Waals surface area contributed by atoms with Crippen molar-refractivity contribution in [1.29, 1.82) is 0 Å². The van der Waals surface area contributed by atoms with Gasteiger partial charge in [0.15, 0.2) is 5.82 Å². The molecular formula is C24H24N4. The maximum Gasteiger partial charge on any atom is 0.167 e. The number of nitrogens with zero attached hydrogens (tertiary/aromatic N) is 3. The summed E-state index contributed by atoms with van der Waals surface area (Å²) in [6.45, 7) is 2.05. The highest BCUT2D eigenvalue weighted by Gasteiger charge is 2.39. The highest BCUT2D eigenvalue weighted by Crippen LogP contribution is 2.40. The monoisotopic (exact) mass is 368 g/mol. The van der Waals surface area contributed by atoms with E-state index in [4.69, 9.17) is 10.8 Å². The topological polar surface area (TPSA) is 56.7 Å². The van der Waals surface area contributed by atoms with E-state index in [1.54, 1.807) is 6.33 Å². The SMILES string of the molecule is CCC(N)c1ncn(C(c2ccccc2)(c2ccccc2)c2ccccc2)n1. The molecule has 0 bridgehead atoms. The van der Waals surface area contributed by atoms with Gasteiger partial charge in [0.1, 0.15) is 11.9 Å². The summed E-state index contributed by atoms with van der Waals surface area (Å²) in [5.74, 6) is 0.662. The minimum atomic E-state index is -0.636. The fourth-order valence-electron chi connectivity index (χ4n) is 3.72. The van der Waals surface area contributed by atoms with E-state index in [0.29, 0.717) is 5.82 Å². The van der Waals surface area contributed by atoms with E-state index in [1.165, 1.54) is 0 Å². The molecule has 140 valence electrons. The lowest BCUT2D eigenvalue weighted by Crippen LogP contribution is -2.38.